The smallest absolute Gasteiger partial charge is 0.256 e. The van der Waals surface area contributed by atoms with E-state index >= 15 is 0 Å². The third-order valence-electron chi connectivity index (χ3n) is 5.60. The SMILES string of the molecule is O=C(c1ccccc1F)N1CC[C@H]2OCC[C@@]2(COCC2CC2)C1. The van der Waals surface area contributed by atoms with Gasteiger partial charge in [-0.05, 0) is 43.7 Å². The van der Waals surface area contributed by atoms with Crippen molar-refractivity contribution in [3.05, 3.63) is 35.6 Å². The van der Waals surface area contributed by atoms with E-state index in [9.17, 15) is 9.18 Å². The van der Waals surface area contributed by atoms with E-state index in [1.807, 2.05) is 0 Å². The van der Waals surface area contributed by atoms with Gasteiger partial charge in [-0.3, -0.25) is 4.79 Å². The van der Waals surface area contributed by atoms with Crippen molar-refractivity contribution in [1.29, 1.82) is 0 Å². The molecule has 0 aromatic heterocycles. The largest absolute Gasteiger partial charge is 0.380 e. The van der Waals surface area contributed by atoms with Crippen molar-refractivity contribution in [1.82, 2.24) is 4.90 Å². The zero-order chi connectivity index (χ0) is 16.6. The molecular formula is C19H24FNO3. The second-order valence-electron chi connectivity index (χ2n) is 7.43. The van der Waals surface area contributed by atoms with Gasteiger partial charge in [0.25, 0.3) is 5.91 Å². The molecule has 1 amide bonds. The summed E-state index contributed by atoms with van der Waals surface area (Å²) in [7, 11) is 0. The van der Waals surface area contributed by atoms with Crippen molar-refractivity contribution in [2.45, 2.75) is 31.8 Å². The topological polar surface area (TPSA) is 38.8 Å². The molecule has 3 fully saturated rings. The first kappa shape index (κ1) is 16.0. The molecule has 1 aliphatic carbocycles. The van der Waals surface area contributed by atoms with Crippen LogP contribution < -0.4 is 0 Å². The van der Waals surface area contributed by atoms with Crippen LogP contribution in [0.5, 0.6) is 0 Å². The lowest BCUT2D eigenvalue weighted by Gasteiger charge is -2.43. The second kappa shape index (κ2) is 6.45. The number of amides is 1. The van der Waals surface area contributed by atoms with E-state index in [0.717, 1.165) is 32.0 Å². The van der Waals surface area contributed by atoms with Gasteiger partial charge in [-0.25, -0.2) is 4.39 Å². The Morgan fingerprint density at radius 1 is 1.33 bits per heavy atom. The van der Waals surface area contributed by atoms with Gasteiger partial charge in [0, 0.05) is 31.7 Å². The minimum atomic E-state index is -0.452. The fraction of sp³-hybridized carbons (Fsp3) is 0.632. The van der Waals surface area contributed by atoms with E-state index in [2.05, 4.69) is 0 Å². The lowest BCUT2D eigenvalue weighted by molar-refractivity contribution is -0.0581. The average molecular weight is 333 g/mol. The molecule has 0 unspecified atom stereocenters. The molecule has 0 radical (unpaired) electrons. The van der Waals surface area contributed by atoms with Crippen molar-refractivity contribution in [3.63, 3.8) is 0 Å². The highest BCUT2D eigenvalue weighted by atomic mass is 19.1. The van der Waals surface area contributed by atoms with Crippen molar-refractivity contribution in [3.8, 4) is 0 Å². The van der Waals surface area contributed by atoms with Gasteiger partial charge in [-0.15, -0.1) is 0 Å². The molecule has 1 aromatic carbocycles. The first-order valence-corrected chi connectivity index (χ1v) is 8.91. The summed E-state index contributed by atoms with van der Waals surface area (Å²) in [6, 6.07) is 6.21. The van der Waals surface area contributed by atoms with Gasteiger partial charge in [-0.2, -0.15) is 0 Å². The van der Waals surface area contributed by atoms with Gasteiger partial charge in [0.05, 0.1) is 18.3 Å². The number of hydrogen-bond acceptors (Lipinski definition) is 3. The molecule has 2 heterocycles. The quantitative estimate of drug-likeness (QED) is 0.832. The van der Waals surface area contributed by atoms with E-state index in [0.29, 0.717) is 19.7 Å². The Hall–Kier alpha value is -1.46. The van der Waals surface area contributed by atoms with Gasteiger partial charge in [-0.1, -0.05) is 12.1 Å². The maximum Gasteiger partial charge on any atom is 0.256 e. The summed E-state index contributed by atoms with van der Waals surface area (Å²) >= 11 is 0. The third kappa shape index (κ3) is 3.07. The molecule has 2 saturated heterocycles. The number of carbonyl (C=O) groups is 1. The molecule has 2 aliphatic heterocycles. The van der Waals surface area contributed by atoms with Crippen LogP contribution in [0.2, 0.25) is 0 Å². The summed E-state index contributed by atoms with van der Waals surface area (Å²) in [5, 5.41) is 0. The van der Waals surface area contributed by atoms with Gasteiger partial charge < -0.3 is 14.4 Å². The molecular weight excluding hydrogens is 309 g/mol. The van der Waals surface area contributed by atoms with E-state index in [1.54, 1.807) is 23.1 Å². The molecule has 0 spiro atoms. The fourth-order valence-electron chi connectivity index (χ4n) is 3.95. The maximum absolute atomic E-state index is 14.0. The minimum Gasteiger partial charge on any atom is -0.380 e. The van der Waals surface area contributed by atoms with Crippen LogP contribution in [0.1, 0.15) is 36.0 Å². The van der Waals surface area contributed by atoms with Crippen molar-refractivity contribution >= 4 is 5.91 Å². The molecule has 4 rings (SSSR count). The fourth-order valence-corrected chi connectivity index (χ4v) is 3.95. The second-order valence-corrected chi connectivity index (χ2v) is 7.43. The highest BCUT2D eigenvalue weighted by Crippen LogP contribution is 2.42. The molecule has 24 heavy (non-hydrogen) atoms. The van der Waals surface area contributed by atoms with Gasteiger partial charge >= 0.3 is 0 Å². The molecule has 0 bridgehead atoms. The number of rotatable bonds is 5. The summed E-state index contributed by atoms with van der Waals surface area (Å²) < 4.78 is 25.8. The predicted molar refractivity (Wildman–Crippen MR) is 87.3 cm³/mol. The molecule has 5 heteroatoms. The lowest BCUT2D eigenvalue weighted by atomic mass is 9.77. The summed E-state index contributed by atoms with van der Waals surface area (Å²) in [6.07, 6.45) is 4.40. The Bertz CT molecular complexity index is 618. The Labute approximate surface area is 141 Å². The van der Waals surface area contributed by atoms with Gasteiger partial charge in [0.2, 0.25) is 0 Å². The minimum absolute atomic E-state index is 0.131. The molecule has 2 atom stereocenters. The van der Waals surface area contributed by atoms with Crippen LogP contribution in [-0.4, -0.2) is 49.8 Å². The summed E-state index contributed by atoms with van der Waals surface area (Å²) in [4.78, 5) is 14.5. The molecule has 130 valence electrons. The first-order valence-electron chi connectivity index (χ1n) is 8.91. The molecule has 3 aliphatic rings. The monoisotopic (exact) mass is 333 g/mol. The number of piperidine rings is 1. The number of fused-ring (bicyclic) bond motifs is 1. The van der Waals surface area contributed by atoms with E-state index in [1.165, 1.54) is 18.9 Å². The van der Waals surface area contributed by atoms with Crippen LogP contribution in [0.15, 0.2) is 24.3 Å². The Balaban J connectivity index is 1.47. The number of hydrogen-bond donors (Lipinski definition) is 0. The van der Waals surface area contributed by atoms with Crippen molar-refractivity contribution in [2.75, 3.05) is 32.9 Å². The highest BCUT2D eigenvalue weighted by Gasteiger charge is 2.49. The number of halogens is 1. The van der Waals surface area contributed by atoms with Crippen molar-refractivity contribution in [2.24, 2.45) is 11.3 Å². The summed E-state index contributed by atoms with van der Waals surface area (Å²) in [5.41, 5.74) is 0.0255. The van der Waals surface area contributed by atoms with E-state index in [-0.39, 0.29) is 23.0 Å². The Morgan fingerprint density at radius 2 is 2.17 bits per heavy atom. The maximum atomic E-state index is 14.0. The number of likely N-dealkylation sites (tertiary alicyclic amines) is 1. The number of carbonyl (C=O) groups excluding carboxylic acids is 1. The number of nitrogens with zero attached hydrogens (tertiary/aromatic N) is 1. The van der Waals surface area contributed by atoms with Crippen LogP contribution in [-0.2, 0) is 9.47 Å². The van der Waals surface area contributed by atoms with E-state index < -0.39 is 5.82 Å². The average Bonchev–Trinajstić information content (AvgIpc) is 3.31. The standard InChI is InChI=1S/C19H24FNO3/c20-16-4-2-1-3-15(16)18(22)21-9-7-17-19(12-21,8-10-24-17)13-23-11-14-5-6-14/h1-4,14,17H,5-13H2/t17-,19+/m1/s1. The predicted octanol–water partition coefficient (Wildman–Crippen LogP) is 2.87. The molecule has 4 nitrogen and oxygen atoms in total. The van der Waals surface area contributed by atoms with Gasteiger partial charge in [0.15, 0.2) is 0 Å². The highest BCUT2D eigenvalue weighted by molar-refractivity contribution is 5.94. The van der Waals surface area contributed by atoms with Crippen LogP contribution in [0.25, 0.3) is 0 Å². The first-order chi connectivity index (χ1) is 11.7. The summed E-state index contributed by atoms with van der Waals surface area (Å²) in [5.74, 6) is 0.0493. The third-order valence-corrected chi connectivity index (χ3v) is 5.60. The Kier molecular flexibility index (Phi) is 4.31. The number of benzene rings is 1. The zero-order valence-electron chi connectivity index (χ0n) is 13.9. The normalized spacial score (nSPS) is 29.5. The summed E-state index contributed by atoms with van der Waals surface area (Å²) in [6.45, 7) is 3.38. The van der Waals surface area contributed by atoms with Gasteiger partial charge in [0.1, 0.15) is 5.82 Å². The molecule has 0 N–H and O–H groups in total. The molecule has 1 saturated carbocycles. The Morgan fingerprint density at radius 3 is 2.96 bits per heavy atom. The van der Waals surface area contributed by atoms with Crippen LogP contribution in [0.3, 0.4) is 0 Å². The van der Waals surface area contributed by atoms with Crippen LogP contribution in [0.4, 0.5) is 4.39 Å². The van der Waals surface area contributed by atoms with Crippen LogP contribution in [0, 0.1) is 17.2 Å². The zero-order valence-corrected chi connectivity index (χ0v) is 13.9. The number of ether oxygens (including phenoxy) is 2. The molecule has 1 aromatic rings. The van der Waals surface area contributed by atoms with E-state index in [4.69, 9.17) is 9.47 Å². The van der Waals surface area contributed by atoms with Crippen LogP contribution >= 0.6 is 0 Å². The lowest BCUT2D eigenvalue weighted by Crippen LogP contribution is -2.53. The van der Waals surface area contributed by atoms with Crippen molar-refractivity contribution < 1.29 is 18.7 Å².